The summed E-state index contributed by atoms with van der Waals surface area (Å²) >= 11 is 0. The van der Waals surface area contributed by atoms with Gasteiger partial charge in [0.2, 0.25) is 0 Å². The Morgan fingerprint density at radius 1 is 1.33 bits per heavy atom. The molecule has 0 aromatic rings. The van der Waals surface area contributed by atoms with Gasteiger partial charge in [-0.1, -0.05) is 33.3 Å². The van der Waals surface area contributed by atoms with Gasteiger partial charge in [0.25, 0.3) is 0 Å². The topological polar surface area (TPSA) is 47.6 Å². The molecule has 0 N–H and O–H groups in total. The zero-order valence-corrected chi connectivity index (χ0v) is 7.89. The maximum atomic E-state index is 8.52. The lowest BCUT2D eigenvalue weighted by Gasteiger charge is -2.18. The van der Waals surface area contributed by atoms with E-state index in [-0.39, 0.29) is 11.0 Å². The highest BCUT2D eigenvalue weighted by Crippen LogP contribution is 2.24. The molecule has 2 heteroatoms. The fourth-order valence-corrected chi connectivity index (χ4v) is 1.20. The second-order valence-electron chi connectivity index (χ2n) is 3.52. The van der Waals surface area contributed by atoms with Gasteiger partial charge in [-0.15, -0.1) is 0 Å². The monoisotopic (exact) mass is 162 g/mol. The van der Waals surface area contributed by atoms with Gasteiger partial charge in [-0.3, -0.25) is 0 Å². The van der Waals surface area contributed by atoms with E-state index in [2.05, 4.69) is 6.92 Å². The molecule has 0 aliphatic carbocycles. The van der Waals surface area contributed by atoms with Crippen LogP contribution in [0.5, 0.6) is 0 Å². The SMILES string of the molecule is CCCC(C)(C)C=C(C#N)C#N. The number of rotatable bonds is 3. The molecule has 0 aromatic carbocycles. The Kier molecular flexibility index (Phi) is 4.08. The van der Waals surface area contributed by atoms with Crippen LogP contribution in [0.2, 0.25) is 0 Å². The first-order valence-electron chi connectivity index (χ1n) is 4.09. The second-order valence-corrected chi connectivity index (χ2v) is 3.52. The zero-order chi connectivity index (χ0) is 9.61. The lowest BCUT2D eigenvalue weighted by atomic mass is 9.86. The van der Waals surface area contributed by atoms with Crippen molar-refractivity contribution in [3.05, 3.63) is 11.6 Å². The molecule has 0 saturated heterocycles. The largest absolute Gasteiger partial charge is 0.192 e. The van der Waals surface area contributed by atoms with E-state index in [4.69, 9.17) is 10.5 Å². The van der Waals surface area contributed by atoms with E-state index >= 15 is 0 Å². The van der Waals surface area contributed by atoms with E-state index in [0.29, 0.717) is 0 Å². The maximum absolute atomic E-state index is 8.52. The molecule has 0 aliphatic heterocycles. The van der Waals surface area contributed by atoms with Crippen molar-refractivity contribution in [1.29, 1.82) is 10.5 Å². The first-order chi connectivity index (χ1) is 5.55. The van der Waals surface area contributed by atoms with E-state index in [1.165, 1.54) is 0 Å². The normalized spacial score (nSPS) is 9.75. The summed E-state index contributed by atoms with van der Waals surface area (Å²) in [7, 11) is 0. The van der Waals surface area contributed by atoms with Crippen molar-refractivity contribution in [3.63, 3.8) is 0 Å². The quantitative estimate of drug-likeness (QED) is 0.599. The summed E-state index contributed by atoms with van der Waals surface area (Å²) in [4.78, 5) is 0. The van der Waals surface area contributed by atoms with Crippen molar-refractivity contribution in [2.24, 2.45) is 5.41 Å². The first kappa shape index (κ1) is 10.7. The molecule has 0 amide bonds. The predicted octanol–water partition coefficient (Wildman–Crippen LogP) is 2.79. The van der Waals surface area contributed by atoms with Gasteiger partial charge in [0.05, 0.1) is 0 Å². The summed E-state index contributed by atoms with van der Waals surface area (Å²) in [6.07, 6.45) is 3.81. The van der Waals surface area contributed by atoms with Crippen LogP contribution in [0.1, 0.15) is 33.6 Å². The van der Waals surface area contributed by atoms with E-state index in [9.17, 15) is 0 Å². The van der Waals surface area contributed by atoms with E-state index in [1.54, 1.807) is 6.08 Å². The van der Waals surface area contributed by atoms with Crippen LogP contribution in [0.3, 0.4) is 0 Å². The van der Waals surface area contributed by atoms with Crippen molar-refractivity contribution in [2.45, 2.75) is 33.6 Å². The van der Waals surface area contributed by atoms with E-state index in [1.807, 2.05) is 26.0 Å². The molecule has 0 heterocycles. The molecular weight excluding hydrogens is 148 g/mol. The van der Waals surface area contributed by atoms with Crippen molar-refractivity contribution in [1.82, 2.24) is 0 Å². The molecule has 0 spiro atoms. The van der Waals surface area contributed by atoms with E-state index < -0.39 is 0 Å². The van der Waals surface area contributed by atoms with Crippen LogP contribution in [0.4, 0.5) is 0 Å². The lowest BCUT2D eigenvalue weighted by molar-refractivity contribution is 0.431. The molecule has 2 nitrogen and oxygen atoms in total. The van der Waals surface area contributed by atoms with Gasteiger partial charge >= 0.3 is 0 Å². The minimum absolute atomic E-state index is 0.0322. The van der Waals surface area contributed by atoms with Crippen molar-refractivity contribution < 1.29 is 0 Å². The minimum Gasteiger partial charge on any atom is -0.192 e. The van der Waals surface area contributed by atoms with Crippen LogP contribution in [0.25, 0.3) is 0 Å². The molecule has 0 rings (SSSR count). The van der Waals surface area contributed by atoms with Crippen LogP contribution in [0.15, 0.2) is 11.6 Å². The Labute approximate surface area is 74.1 Å². The third-order valence-corrected chi connectivity index (χ3v) is 1.67. The van der Waals surface area contributed by atoms with Crippen LogP contribution in [0, 0.1) is 28.1 Å². The molecule has 12 heavy (non-hydrogen) atoms. The Hall–Kier alpha value is -1.28. The summed E-state index contributed by atoms with van der Waals surface area (Å²) < 4.78 is 0. The molecule has 0 unspecified atom stereocenters. The fourth-order valence-electron chi connectivity index (χ4n) is 1.20. The Morgan fingerprint density at radius 2 is 1.83 bits per heavy atom. The van der Waals surface area contributed by atoms with E-state index in [0.717, 1.165) is 12.8 Å². The average Bonchev–Trinajstić information content (AvgIpc) is 2.00. The average molecular weight is 162 g/mol. The molecule has 0 saturated carbocycles. The van der Waals surface area contributed by atoms with Gasteiger partial charge in [-0.25, -0.2) is 0 Å². The van der Waals surface area contributed by atoms with Crippen LogP contribution in [-0.2, 0) is 0 Å². The molecule has 64 valence electrons. The Morgan fingerprint density at radius 3 is 2.17 bits per heavy atom. The maximum Gasteiger partial charge on any atom is 0.126 e. The number of nitriles is 2. The highest BCUT2D eigenvalue weighted by atomic mass is 14.3. The molecule has 0 fully saturated rings. The molecule has 0 aromatic heterocycles. The third-order valence-electron chi connectivity index (χ3n) is 1.67. The third kappa shape index (κ3) is 3.78. The standard InChI is InChI=1S/C10H14N2/c1-4-5-10(2,3)6-9(7-11)8-12/h6H,4-5H2,1-3H3. The summed E-state index contributed by atoms with van der Waals surface area (Å²) in [5, 5.41) is 17.0. The molecular formula is C10H14N2. The minimum atomic E-state index is -0.0322. The van der Waals surface area contributed by atoms with Crippen LogP contribution in [-0.4, -0.2) is 0 Å². The molecule has 0 aliphatic rings. The second kappa shape index (κ2) is 4.57. The van der Waals surface area contributed by atoms with Crippen LogP contribution < -0.4 is 0 Å². The van der Waals surface area contributed by atoms with Gasteiger partial charge in [-0.05, 0) is 11.8 Å². The fraction of sp³-hybridized carbons (Fsp3) is 0.600. The van der Waals surface area contributed by atoms with Crippen LogP contribution >= 0.6 is 0 Å². The summed E-state index contributed by atoms with van der Waals surface area (Å²) in [6, 6.07) is 3.73. The number of allylic oxidation sites excluding steroid dienone is 2. The van der Waals surface area contributed by atoms with Crippen molar-refractivity contribution in [2.75, 3.05) is 0 Å². The lowest BCUT2D eigenvalue weighted by Crippen LogP contribution is -2.07. The number of hydrogen-bond acceptors (Lipinski definition) is 2. The highest BCUT2D eigenvalue weighted by Gasteiger charge is 2.14. The zero-order valence-electron chi connectivity index (χ0n) is 7.89. The molecule has 0 bridgehead atoms. The van der Waals surface area contributed by atoms with Gasteiger partial charge in [0.15, 0.2) is 0 Å². The first-order valence-corrected chi connectivity index (χ1v) is 4.09. The Balaban J connectivity index is 4.52. The van der Waals surface area contributed by atoms with Crippen molar-refractivity contribution in [3.8, 4) is 12.1 Å². The van der Waals surface area contributed by atoms with Gasteiger partial charge in [-0.2, -0.15) is 10.5 Å². The predicted molar refractivity (Wildman–Crippen MR) is 48.0 cm³/mol. The van der Waals surface area contributed by atoms with Gasteiger partial charge < -0.3 is 0 Å². The van der Waals surface area contributed by atoms with Gasteiger partial charge in [0, 0.05) is 0 Å². The Bertz CT molecular complexity index is 232. The van der Waals surface area contributed by atoms with Gasteiger partial charge in [0.1, 0.15) is 17.7 Å². The number of nitrogens with zero attached hydrogens (tertiary/aromatic N) is 2. The highest BCUT2D eigenvalue weighted by molar-refractivity contribution is 5.36. The summed E-state index contributed by atoms with van der Waals surface area (Å²) in [5.41, 5.74) is 0.184. The molecule has 0 radical (unpaired) electrons. The number of hydrogen-bond donors (Lipinski definition) is 0. The smallest absolute Gasteiger partial charge is 0.126 e. The summed E-state index contributed by atoms with van der Waals surface area (Å²) in [6.45, 7) is 6.16. The summed E-state index contributed by atoms with van der Waals surface area (Å²) in [5.74, 6) is 0. The van der Waals surface area contributed by atoms with Crippen molar-refractivity contribution >= 4 is 0 Å². The molecule has 0 atom stereocenters.